The largest absolute Gasteiger partial charge is 0.480 e. The predicted molar refractivity (Wildman–Crippen MR) is 148 cm³/mol. The molecule has 0 atom stereocenters. The van der Waals surface area contributed by atoms with Gasteiger partial charge < -0.3 is 25.4 Å². The molecule has 42 heavy (non-hydrogen) atoms. The molecule has 0 fully saturated rings. The van der Waals surface area contributed by atoms with Crippen LogP contribution in [-0.2, 0) is 10.9 Å². The first-order chi connectivity index (χ1) is 20.1. The van der Waals surface area contributed by atoms with Crippen molar-refractivity contribution in [2.75, 3.05) is 23.1 Å². The van der Waals surface area contributed by atoms with Crippen LogP contribution in [0.25, 0.3) is 10.9 Å². The van der Waals surface area contributed by atoms with E-state index in [2.05, 4.69) is 41.1 Å². The van der Waals surface area contributed by atoms with Crippen LogP contribution in [0.1, 0.15) is 17.0 Å². The molecule has 214 valence electrons. The number of pyridine rings is 1. The number of aryl methyl sites for hydroxylation is 1. The Kier molecular flexibility index (Phi) is 7.55. The lowest BCUT2D eigenvalue weighted by molar-refractivity contribution is -0.138. The third-order valence-corrected chi connectivity index (χ3v) is 5.74. The van der Waals surface area contributed by atoms with Gasteiger partial charge in [-0.2, -0.15) is 23.3 Å². The number of para-hydroxylation sites is 1. The number of amides is 2. The van der Waals surface area contributed by atoms with Crippen LogP contribution in [0.4, 0.5) is 41.0 Å². The third-order valence-electron chi connectivity index (χ3n) is 5.74. The lowest BCUT2D eigenvalue weighted by Gasteiger charge is -2.16. The Bertz CT molecular complexity index is 1780. The number of H-pyrrole nitrogens is 1. The quantitative estimate of drug-likeness (QED) is 0.112. The van der Waals surface area contributed by atoms with Crippen LogP contribution < -0.4 is 20.7 Å². The highest BCUT2D eigenvalue weighted by Crippen LogP contribution is 2.39. The van der Waals surface area contributed by atoms with Gasteiger partial charge in [0.1, 0.15) is 22.8 Å². The molecule has 5 rings (SSSR count). The minimum atomic E-state index is -4.83. The van der Waals surface area contributed by atoms with Crippen molar-refractivity contribution in [3.63, 3.8) is 0 Å². The number of rotatable bonds is 7. The van der Waals surface area contributed by atoms with Gasteiger partial charge in [-0.15, -0.1) is 0 Å². The zero-order chi connectivity index (χ0) is 29.9. The number of methoxy groups -OCH3 is 1. The molecule has 3 aromatic heterocycles. The number of urea groups is 1. The molecule has 0 saturated heterocycles. The summed E-state index contributed by atoms with van der Waals surface area (Å²) in [6, 6.07) is 13.7. The minimum absolute atomic E-state index is 0.121. The monoisotopic (exact) mass is 577 g/mol. The van der Waals surface area contributed by atoms with Gasteiger partial charge in [-0.25, -0.2) is 9.78 Å². The van der Waals surface area contributed by atoms with Crippen molar-refractivity contribution in [3.8, 4) is 11.8 Å². The SMILES string of the molecule is COC(=N)c1cc(Nc2cc(C)nc(Oc3ccc(NC(=O)Nc4cccc5cccnc45)cc3C(F)(F)F)n2)n[nH]1. The molecule has 0 saturated carbocycles. The van der Waals surface area contributed by atoms with E-state index < -0.39 is 23.5 Å². The molecule has 5 aromatic rings. The van der Waals surface area contributed by atoms with Crippen molar-refractivity contribution in [1.82, 2.24) is 25.1 Å². The van der Waals surface area contributed by atoms with Crippen molar-refractivity contribution in [2.24, 2.45) is 0 Å². The summed E-state index contributed by atoms with van der Waals surface area (Å²) in [6.45, 7) is 1.61. The maximum Gasteiger partial charge on any atom is 0.420 e. The van der Waals surface area contributed by atoms with Crippen molar-refractivity contribution >= 4 is 45.8 Å². The van der Waals surface area contributed by atoms with Crippen LogP contribution in [0.2, 0.25) is 0 Å². The van der Waals surface area contributed by atoms with E-state index in [0.29, 0.717) is 22.6 Å². The number of ether oxygens (including phenoxy) is 2. The van der Waals surface area contributed by atoms with Crippen molar-refractivity contribution in [2.45, 2.75) is 13.1 Å². The molecule has 0 aliphatic heterocycles. The number of benzene rings is 2. The molecule has 0 aliphatic rings. The molecule has 15 heteroatoms. The first-order valence-electron chi connectivity index (χ1n) is 12.2. The highest BCUT2D eigenvalue weighted by molar-refractivity contribution is 6.05. The normalized spacial score (nSPS) is 11.2. The Morgan fingerprint density at radius 2 is 1.81 bits per heavy atom. The first kappa shape index (κ1) is 27.8. The average Bonchev–Trinajstić information content (AvgIpc) is 3.41. The summed E-state index contributed by atoms with van der Waals surface area (Å²) in [5.41, 5.74) is 0.350. The fourth-order valence-electron chi connectivity index (χ4n) is 3.90. The van der Waals surface area contributed by atoms with Gasteiger partial charge in [0.15, 0.2) is 5.82 Å². The first-order valence-corrected chi connectivity index (χ1v) is 12.2. The fraction of sp³-hybridized carbons (Fsp3) is 0.111. The molecule has 12 nitrogen and oxygen atoms in total. The number of nitrogens with one attached hydrogen (secondary N) is 5. The summed E-state index contributed by atoms with van der Waals surface area (Å²) >= 11 is 0. The van der Waals surface area contributed by atoms with E-state index in [9.17, 15) is 18.0 Å². The molecular weight excluding hydrogens is 555 g/mol. The summed E-state index contributed by atoms with van der Waals surface area (Å²) in [5, 5.41) is 23.0. The summed E-state index contributed by atoms with van der Waals surface area (Å²) in [5.74, 6) is -0.247. The third kappa shape index (κ3) is 6.35. The van der Waals surface area contributed by atoms with Crippen molar-refractivity contribution < 1.29 is 27.4 Å². The Hall–Kier alpha value is -5.73. The zero-order valence-electron chi connectivity index (χ0n) is 22.0. The number of aromatic nitrogens is 5. The zero-order valence-corrected chi connectivity index (χ0v) is 22.0. The van der Waals surface area contributed by atoms with Crippen LogP contribution in [0.5, 0.6) is 11.8 Å². The Morgan fingerprint density at radius 3 is 2.60 bits per heavy atom. The summed E-state index contributed by atoms with van der Waals surface area (Å²) in [4.78, 5) is 25.1. The Morgan fingerprint density at radius 1 is 1.00 bits per heavy atom. The summed E-state index contributed by atoms with van der Waals surface area (Å²) in [6.07, 6.45) is -3.26. The lowest BCUT2D eigenvalue weighted by atomic mass is 10.1. The number of hydrogen-bond acceptors (Lipinski definition) is 9. The number of halogens is 3. The van der Waals surface area contributed by atoms with Crippen molar-refractivity contribution in [3.05, 3.63) is 83.8 Å². The molecule has 3 heterocycles. The van der Waals surface area contributed by atoms with Gasteiger partial charge in [-0.1, -0.05) is 18.2 Å². The van der Waals surface area contributed by atoms with E-state index in [-0.39, 0.29) is 29.2 Å². The van der Waals surface area contributed by atoms with E-state index >= 15 is 0 Å². The topological polar surface area (TPSA) is 163 Å². The summed E-state index contributed by atoms with van der Waals surface area (Å²) in [7, 11) is 1.34. The second-order valence-electron chi connectivity index (χ2n) is 8.77. The van der Waals surface area contributed by atoms with E-state index in [0.717, 1.165) is 17.5 Å². The smallest absolute Gasteiger partial charge is 0.420 e. The molecule has 0 aliphatic carbocycles. The highest BCUT2D eigenvalue weighted by Gasteiger charge is 2.35. The van der Waals surface area contributed by atoms with Crippen LogP contribution in [-0.4, -0.2) is 44.2 Å². The number of aromatic amines is 1. The van der Waals surface area contributed by atoms with Gasteiger partial charge in [0.2, 0.25) is 5.90 Å². The lowest BCUT2D eigenvalue weighted by Crippen LogP contribution is -2.20. The van der Waals surface area contributed by atoms with Gasteiger partial charge in [-0.05, 0) is 37.3 Å². The molecule has 0 spiro atoms. The van der Waals surface area contributed by atoms with E-state index in [1.165, 1.54) is 25.3 Å². The Balaban J connectivity index is 1.34. The second kappa shape index (κ2) is 11.4. The minimum Gasteiger partial charge on any atom is -0.480 e. The van der Waals surface area contributed by atoms with Crippen molar-refractivity contribution in [1.29, 1.82) is 5.41 Å². The molecule has 2 aromatic carbocycles. The molecule has 0 bridgehead atoms. The fourth-order valence-corrected chi connectivity index (χ4v) is 3.90. The highest BCUT2D eigenvalue weighted by atomic mass is 19.4. The van der Waals surface area contributed by atoms with Gasteiger partial charge >= 0.3 is 18.2 Å². The van der Waals surface area contributed by atoms with Crippen LogP contribution in [0, 0.1) is 12.3 Å². The standard InChI is InChI=1S/C27H22F3N9O3/c1-14-11-21(36-22-13-19(38-39-22)24(31)41-2)37-26(33-14)42-20-9-8-16(12-17(20)27(28,29)30)34-25(40)35-18-7-3-5-15-6-4-10-32-23(15)18/h3-13,31H,1-2H3,(H2,34,35,40)(H2,33,36,37,38,39). The van der Waals surface area contributed by atoms with E-state index in [4.69, 9.17) is 14.9 Å². The van der Waals surface area contributed by atoms with E-state index in [1.54, 1.807) is 31.3 Å². The van der Waals surface area contributed by atoms with Crippen LogP contribution >= 0.6 is 0 Å². The van der Waals surface area contributed by atoms with E-state index in [1.807, 2.05) is 12.1 Å². The predicted octanol–water partition coefficient (Wildman–Crippen LogP) is 6.23. The van der Waals surface area contributed by atoms with Crippen LogP contribution in [0.15, 0.2) is 66.9 Å². The summed E-state index contributed by atoms with van der Waals surface area (Å²) < 4.78 is 52.4. The van der Waals surface area contributed by atoms with Gasteiger partial charge in [0.25, 0.3) is 0 Å². The van der Waals surface area contributed by atoms with Crippen LogP contribution in [0.3, 0.4) is 0 Å². The molecule has 5 N–H and O–H groups in total. The molecule has 0 radical (unpaired) electrons. The number of carbonyl (C=O) groups is 1. The molecule has 2 amide bonds. The number of alkyl halides is 3. The number of nitrogens with zero attached hydrogens (tertiary/aromatic N) is 4. The maximum absolute atomic E-state index is 14.0. The van der Waals surface area contributed by atoms with Gasteiger partial charge in [0.05, 0.1) is 18.3 Å². The molecule has 0 unspecified atom stereocenters. The van der Waals surface area contributed by atoms with Gasteiger partial charge in [-0.3, -0.25) is 15.5 Å². The average molecular weight is 578 g/mol. The number of hydrogen-bond donors (Lipinski definition) is 5. The number of carbonyl (C=O) groups excluding carboxylic acids is 1. The maximum atomic E-state index is 14.0. The Labute approximate surface area is 235 Å². The number of anilines is 4. The molecular formula is C27H22F3N9O3. The second-order valence-corrected chi connectivity index (χ2v) is 8.77. The van der Waals surface area contributed by atoms with Gasteiger partial charge in [0, 0.05) is 35.1 Å². The number of fused-ring (bicyclic) bond motifs is 1.